The largest absolute Gasteiger partial charge is 0.313 e. The quantitative estimate of drug-likeness (QED) is 0.791. The summed E-state index contributed by atoms with van der Waals surface area (Å²) in [6, 6.07) is 2.92. The molecule has 1 aromatic heterocycles. The Balaban J connectivity index is 2.03. The molecule has 21 heavy (non-hydrogen) atoms. The van der Waals surface area contributed by atoms with E-state index < -0.39 is 0 Å². The Morgan fingerprint density at radius 1 is 1.33 bits per heavy atom. The molecule has 2 rings (SSSR count). The van der Waals surface area contributed by atoms with Gasteiger partial charge in [0, 0.05) is 25.2 Å². The van der Waals surface area contributed by atoms with E-state index in [1.54, 1.807) is 0 Å². The van der Waals surface area contributed by atoms with Crippen LogP contribution < -0.4 is 5.32 Å². The van der Waals surface area contributed by atoms with Gasteiger partial charge >= 0.3 is 0 Å². The van der Waals surface area contributed by atoms with Crippen molar-refractivity contribution >= 4 is 0 Å². The summed E-state index contributed by atoms with van der Waals surface area (Å²) in [5.41, 5.74) is 2.61. The van der Waals surface area contributed by atoms with Crippen molar-refractivity contribution in [3.8, 4) is 0 Å². The second kappa shape index (κ2) is 7.98. The van der Waals surface area contributed by atoms with Gasteiger partial charge in [0.25, 0.3) is 0 Å². The number of nitrogens with zero attached hydrogens (tertiary/aromatic N) is 2. The molecule has 3 unspecified atom stereocenters. The average Bonchev–Trinajstić information content (AvgIpc) is 3.10. The molecule has 3 heteroatoms. The Morgan fingerprint density at radius 2 is 2.14 bits per heavy atom. The zero-order valence-corrected chi connectivity index (χ0v) is 14.4. The highest BCUT2D eigenvalue weighted by Gasteiger charge is 2.30. The summed E-state index contributed by atoms with van der Waals surface area (Å²) in [7, 11) is 2.09. The third kappa shape index (κ3) is 4.32. The standard InChI is InChI=1S/C18H33N3/c1-5-10-19-18(15-9-8-14(6-2)11-15)13-17-12-16(7-3)20-21(17)4/h12,14-15,18-19H,5-11,13H2,1-4H3. The molecular weight excluding hydrogens is 258 g/mol. The highest BCUT2D eigenvalue weighted by Crippen LogP contribution is 2.35. The van der Waals surface area contributed by atoms with Crippen molar-refractivity contribution in [1.29, 1.82) is 0 Å². The highest BCUT2D eigenvalue weighted by atomic mass is 15.3. The second-order valence-corrected chi connectivity index (χ2v) is 6.72. The van der Waals surface area contributed by atoms with E-state index in [0.29, 0.717) is 6.04 Å². The van der Waals surface area contributed by atoms with Crippen molar-refractivity contribution in [3.63, 3.8) is 0 Å². The van der Waals surface area contributed by atoms with E-state index in [-0.39, 0.29) is 0 Å². The van der Waals surface area contributed by atoms with Gasteiger partial charge in [-0.15, -0.1) is 0 Å². The predicted molar refractivity (Wildman–Crippen MR) is 89.5 cm³/mol. The zero-order valence-electron chi connectivity index (χ0n) is 14.4. The first-order valence-corrected chi connectivity index (χ1v) is 8.93. The Morgan fingerprint density at radius 3 is 2.71 bits per heavy atom. The lowest BCUT2D eigenvalue weighted by molar-refractivity contribution is 0.339. The molecule has 1 N–H and O–H groups in total. The lowest BCUT2D eigenvalue weighted by atomic mass is 9.92. The molecule has 0 spiro atoms. The smallest absolute Gasteiger partial charge is 0.0624 e. The normalized spacial score (nSPS) is 23.6. The van der Waals surface area contributed by atoms with Gasteiger partial charge in [-0.1, -0.05) is 33.6 Å². The van der Waals surface area contributed by atoms with Crippen LogP contribution in [0.3, 0.4) is 0 Å². The van der Waals surface area contributed by atoms with Crippen LogP contribution in [0.5, 0.6) is 0 Å². The molecule has 1 aliphatic carbocycles. The number of rotatable bonds is 8. The Hall–Kier alpha value is -0.830. The van der Waals surface area contributed by atoms with Crippen molar-refractivity contribution in [3.05, 3.63) is 17.5 Å². The van der Waals surface area contributed by atoms with Gasteiger partial charge in [-0.3, -0.25) is 4.68 Å². The van der Waals surface area contributed by atoms with Gasteiger partial charge in [-0.2, -0.15) is 5.10 Å². The van der Waals surface area contributed by atoms with E-state index in [9.17, 15) is 0 Å². The summed E-state index contributed by atoms with van der Waals surface area (Å²) < 4.78 is 2.09. The highest BCUT2D eigenvalue weighted by molar-refractivity contribution is 5.12. The number of aryl methyl sites for hydroxylation is 2. The van der Waals surface area contributed by atoms with Crippen LogP contribution in [0.25, 0.3) is 0 Å². The Bertz CT molecular complexity index is 424. The molecule has 0 bridgehead atoms. The maximum absolute atomic E-state index is 4.61. The van der Waals surface area contributed by atoms with Crippen molar-refractivity contribution < 1.29 is 0 Å². The number of aromatic nitrogens is 2. The topological polar surface area (TPSA) is 29.9 Å². The summed E-state index contributed by atoms with van der Waals surface area (Å²) in [5, 5.41) is 8.43. The molecule has 120 valence electrons. The van der Waals surface area contributed by atoms with Crippen LogP contribution in [0.4, 0.5) is 0 Å². The van der Waals surface area contributed by atoms with E-state index in [0.717, 1.165) is 31.2 Å². The van der Waals surface area contributed by atoms with Crippen molar-refractivity contribution in [2.45, 2.75) is 71.8 Å². The predicted octanol–water partition coefficient (Wildman–Crippen LogP) is 3.72. The monoisotopic (exact) mass is 291 g/mol. The molecule has 1 saturated carbocycles. The molecule has 3 atom stereocenters. The van der Waals surface area contributed by atoms with Crippen molar-refractivity contribution in [2.24, 2.45) is 18.9 Å². The van der Waals surface area contributed by atoms with Gasteiger partial charge in [0.2, 0.25) is 0 Å². The summed E-state index contributed by atoms with van der Waals surface area (Å²) >= 11 is 0. The fourth-order valence-corrected chi connectivity index (χ4v) is 3.75. The van der Waals surface area contributed by atoms with Crippen LogP contribution in [0, 0.1) is 11.8 Å². The third-order valence-corrected chi connectivity index (χ3v) is 5.20. The molecule has 1 aliphatic rings. The zero-order chi connectivity index (χ0) is 15.2. The fraction of sp³-hybridized carbons (Fsp3) is 0.833. The maximum Gasteiger partial charge on any atom is 0.0624 e. The van der Waals surface area contributed by atoms with Crippen LogP contribution >= 0.6 is 0 Å². The molecule has 0 aromatic carbocycles. The minimum atomic E-state index is 0.626. The lowest BCUT2D eigenvalue weighted by Crippen LogP contribution is -2.38. The first kappa shape index (κ1) is 16.5. The number of hydrogen-bond donors (Lipinski definition) is 1. The average molecular weight is 291 g/mol. The van der Waals surface area contributed by atoms with Gasteiger partial charge in [0.15, 0.2) is 0 Å². The Labute approximate surface area is 130 Å². The molecule has 0 radical (unpaired) electrons. The molecule has 0 aliphatic heterocycles. The van der Waals surface area contributed by atoms with E-state index in [1.807, 2.05) is 0 Å². The van der Waals surface area contributed by atoms with Crippen LogP contribution in [0.2, 0.25) is 0 Å². The first-order valence-electron chi connectivity index (χ1n) is 8.93. The molecule has 1 heterocycles. The summed E-state index contributed by atoms with van der Waals surface area (Å²) in [4.78, 5) is 0. The van der Waals surface area contributed by atoms with Crippen LogP contribution in [-0.2, 0) is 19.9 Å². The molecule has 0 amide bonds. The van der Waals surface area contributed by atoms with Gasteiger partial charge in [-0.05, 0) is 50.1 Å². The Kier molecular flexibility index (Phi) is 6.28. The van der Waals surface area contributed by atoms with E-state index >= 15 is 0 Å². The fourth-order valence-electron chi connectivity index (χ4n) is 3.75. The molecule has 0 saturated heterocycles. The number of hydrogen-bond acceptors (Lipinski definition) is 2. The second-order valence-electron chi connectivity index (χ2n) is 6.72. The van der Waals surface area contributed by atoms with Crippen LogP contribution in [-0.4, -0.2) is 22.4 Å². The minimum absolute atomic E-state index is 0.626. The lowest BCUT2D eigenvalue weighted by Gasteiger charge is -2.25. The van der Waals surface area contributed by atoms with Crippen molar-refractivity contribution in [2.75, 3.05) is 6.54 Å². The maximum atomic E-state index is 4.61. The van der Waals surface area contributed by atoms with Gasteiger partial charge in [-0.25, -0.2) is 0 Å². The summed E-state index contributed by atoms with van der Waals surface area (Å²) in [6.45, 7) is 7.92. The third-order valence-electron chi connectivity index (χ3n) is 5.20. The van der Waals surface area contributed by atoms with E-state index in [1.165, 1.54) is 43.5 Å². The van der Waals surface area contributed by atoms with Crippen LogP contribution in [0.15, 0.2) is 6.07 Å². The van der Waals surface area contributed by atoms with Gasteiger partial charge < -0.3 is 5.32 Å². The van der Waals surface area contributed by atoms with E-state index in [4.69, 9.17) is 0 Å². The molecular formula is C18H33N3. The van der Waals surface area contributed by atoms with Crippen molar-refractivity contribution in [1.82, 2.24) is 15.1 Å². The SMILES string of the molecule is CCCNC(Cc1cc(CC)nn1C)C1CCC(CC)C1. The first-order chi connectivity index (χ1) is 10.2. The van der Waals surface area contributed by atoms with E-state index in [2.05, 4.69) is 49.0 Å². The molecule has 1 aromatic rings. The van der Waals surface area contributed by atoms with Gasteiger partial charge in [0.05, 0.1) is 5.69 Å². The summed E-state index contributed by atoms with van der Waals surface area (Å²) in [6.07, 6.45) is 8.97. The van der Waals surface area contributed by atoms with Gasteiger partial charge in [0.1, 0.15) is 0 Å². The minimum Gasteiger partial charge on any atom is -0.313 e. The number of nitrogens with one attached hydrogen (secondary N) is 1. The van der Waals surface area contributed by atoms with Crippen LogP contribution in [0.1, 0.15) is 64.3 Å². The molecule has 3 nitrogen and oxygen atoms in total. The molecule has 1 fully saturated rings. The summed E-state index contributed by atoms with van der Waals surface area (Å²) in [5.74, 6) is 1.81.